The van der Waals surface area contributed by atoms with Gasteiger partial charge in [0.05, 0.1) is 6.10 Å². The van der Waals surface area contributed by atoms with E-state index in [2.05, 4.69) is 46.8 Å². The Balaban J connectivity index is 1.99. The second-order valence-electron chi connectivity index (χ2n) is 10.5. The maximum Gasteiger partial charge on any atom is 0.306 e. The average Bonchev–Trinajstić information content (AvgIpc) is 2.57. The van der Waals surface area contributed by atoms with Gasteiger partial charge in [-0.05, 0) is 80.6 Å². The van der Waals surface area contributed by atoms with Crippen LogP contribution in [0.1, 0.15) is 87.0 Å². The molecule has 28 heavy (non-hydrogen) atoms. The molecule has 0 aliphatic heterocycles. The third kappa shape index (κ3) is 5.09. The molecule has 2 rings (SSSR count). The molecule has 3 heteroatoms. The summed E-state index contributed by atoms with van der Waals surface area (Å²) in [4.78, 5) is 11.7. The molecule has 0 heterocycles. The number of carbonyl (C=O) groups is 1. The fourth-order valence-corrected chi connectivity index (χ4v) is 5.73. The summed E-state index contributed by atoms with van der Waals surface area (Å²) in [5.41, 5.74) is 3.04. The van der Waals surface area contributed by atoms with E-state index in [0.717, 1.165) is 32.1 Å². The fraction of sp³-hybridized carbons (Fsp3) is 0.800. The quantitative estimate of drug-likeness (QED) is 0.424. The van der Waals surface area contributed by atoms with Crippen molar-refractivity contribution in [3.05, 3.63) is 23.3 Å². The molecule has 0 aromatic rings. The zero-order valence-corrected chi connectivity index (χ0v) is 19.2. The predicted molar refractivity (Wildman–Crippen MR) is 116 cm³/mol. The van der Waals surface area contributed by atoms with Crippen molar-refractivity contribution in [2.24, 2.45) is 28.6 Å². The van der Waals surface area contributed by atoms with Gasteiger partial charge in [-0.3, -0.25) is 4.79 Å². The Bertz CT molecular complexity index is 613. The summed E-state index contributed by atoms with van der Waals surface area (Å²) in [5, 5.41) is 10.6. The predicted octanol–water partition coefficient (Wildman–Crippen LogP) is 6.07. The number of hydrogen-bond acceptors (Lipinski definition) is 3. The van der Waals surface area contributed by atoms with Crippen LogP contribution in [0.5, 0.6) is 0 Å². The van der Waals surface area contributed by atoms with Crippen LogP contribution in [0.2, 0.25) is 0 Å². The summed E-state index contributed by atoms with van der Waals surface area (Å²) in [7, 11) is 0. The molecule has 0 aromatic carbocycles. The summed E-state index contributed by atoms with van der Waals surface area (Å²) in [6, 6.07) is 0. The van der Waals surface area contributed by atoms with Gasteiger partial charge in [0.2, 0.25) is 0 Å². The minimum absolute atomic E-state index is 0.0298. The van der Waals surface area contributed by atoms with Gasteiger partial charge in [0, 0.05) is 6.42 Å². The first kappa shape index (κ1) is 23.2. The van der Waals surface area contributed by atoms with Crippen LogP contribution in [0.3, 0.4) is 0 Å². The first-order valence-electron chi connectivity index (χ1n) is 11.1. The van der Waals surface area contributed by atoms with Gasteiger partial charge in [-0.15, -0.1) is 0 Å². The molecule has 4 atom stereocenters. The highest BCUT2D eigenvalue weighted by atomic mass is 16.5. The van der Waals surface area contributed by atoms with E-state index in [1.165, 1.54) is 11.1 Å². The van der Waals surface area contributed by atoms with Gasteiger partial charge in [0.25, 0.3) is 0 Å². The number of esters is 1. The molecule has 0 aromatic heterocycles. The van der Waals surface area contributed by atoms with Gasteiger partial charge in [0.1, 0.15) is 6.61 Å². The van der Waals surface area contributed by atoms with Crippen molar-refractivity contribution in [2.45, 2.75) is 93.1 Å². The normalized spacial score (nSPS) is 32.7. The number of ether oxygens (including phenoxy) is 1. The van der Waals surface area contributed by atoms with E-state index in [0.29, 0.717) is 30.8 Å². The molecule has 1 fully saturated rings. The van der Waals surface area contributed by atoms with E-state index in [1.54, 1.807) is 0 Å². The highest BCUT2D eigenvalue weighted by molar-refractivity contribution is 5.69. The first-order valence-corrected chi connectivity index (χ1v) is 11.1. The highest BCUT2D eigenvalue weighted by Gasteiger charge is 2.54. The molecular formula is C25H42O3. The van der Waals surface area contributed by atoms with Gasteiger partial charge in [0.15, 0.2) is 0 Å². The van der Waals surface area contributed by atoms with Crippen molar-refractivity contribution in [3.63, 3.8) is 0 Å². The van der Waals surface area contributed by atoms with Crippen LogP contribution in [-0.2, 0) is 9.53 Å². The molecule has 3 nitrogen and oxygen atoms in total. The van der Waals surface area contributed by atoms with Gasteiger partial charge in [-0.1, -0.05) is 51.8 Å². The third-order valence-corrected chi connectivity index (χ3v) is 7.61. The molecule has 2 aliphatic rings. The first-order chi connectivity index (χ1) is 13.0. The summed E-state index contributed by atoms with van der Waals surface area (Å²) < 4.78 is 5.33. The topological polar surface area (TPSA) is 46.5 Å². The summed E-state index contributed by atoms with van der Waals surface area (Å²) in [6.45, 7) is 15.8. The largest absolute Gasteiger partial charge is 0.461 e. The molecule has 0 bridgehead atoms. The Morgan fingerprint density at radius 2 is 2.04 bits per heavy atom. The van der Waals surface area contributed by atoms with Crippen molar-refractivity contribution in [1.82, 2.24) is 0 Å². The molecule has 0 saturated heterocycles. The molecule has 4 unspecified atom stereocenters. The molecule has 1 saturated carbocycles. The Kier molecular flexibility index (Phi) is 7.58. The molecule has 160 valence electrons. The smallest absolute Gasteiger partial charge is 0.306 e. The van der Waals surface area contributed by atoms with E-state index in [9.17, 15) is 9.90 Å². The summed E-state index contributed by atoms with van der Waals surface area (Å²) in [5.74, 6) is 1.32. The maximum atomic E-state index is 11.7. The summed E-state index contributed by atoms with van der Waals surface area (Å²) >= 11 is 0. The minimum Gasteiger partial charge on any atom is -0.461 e. The molecule has 0 spiro atoms. The second-order valence-corrected chi connectivity index (χ2v) is 10.5. The monoisotopic (exact) mass is 390 g/mol. The van der Waals surface area contributed by atoms with Crippen LogP contribution in [0.15, 0.2) is 23.3 Å². The summed E-state index contributed by atoms with van der Waals surface area (Å²) in [6.07, 6.45) is 10.0. The van der Waals surface area contributed by atoms with Gasteiger partial charge >= 0.3 is 5.97 Å². The minimum atomic E-state index is -0.194. The van der Waals surface area contributed by atoms with Crippen LogP contribution in [-0.4, -0.2) is 23.8 Å². The zero-order valence-electron chi connectivity index (χ0n) is 19.2. The van der Waals surface area contributed by atoms with E-state index >= 15 is 0 Å². The third-order valence-electron chi connectivity index (χ3n) is 7.61. The van der Waals surface area contributed by atoms with Crippen LogP contribution in [0.25, 0.3) is 0 Å². The Hall–Kier alpha value is -1.09. The molecule has 0 radical (unpaired) electrons. The van der Waals surface area contributed by atoms with Crippen LogP contribution >= 0.6 is 0 Å². The Morgan fingerprint density at radius 3 is 2.68 bits per heavy atom. The van der Waals surface area contributed by atoms with E-state index < -0.39 is 0 Å². The standard InChI is InChI=1S/C25H42O3/c1-17(2)16-23(27)28-15-13-18(3)8-10-20-19(4)9-11-21-24(5,6)22(26)12-14-25(20,21)7/h9,13,17,20-22,26H,8,10-12,14-16H2,1-7H3. The van der Waals surface area contributed by atoms with Crippen molar-refractivity contribution >= 4 is 5.97 Å². The lowest BCUT2D eigenvalue weighted by Crippen LogP contribution is -2.54. The van der Waals surface area contributed by atoms with E-state index in [1.807, 2.05) is 13.8 Å². The number of aliphatic hydroxyl groups is 1. The Labute approximate surface area is 172 Å². The van der Waals surface area contributed by atoms with E-state index in [4.69, 9.17) is 4.74 Å². The highest BCUT2D eigenvalue weighted by Crippen LogP contribution is 2.60. The van der Waals surface area contributed by atoms with Crippen molar-refractivity contribution < 1.29 is 14.6 Å². The zero-order chi connectivity index (χ0) is 21.1. The fourth-order valence-electron chi connectivity index (χ4n) is 5.73. The maximum absolute atomic E-state index is 11.7. The van der Waals surface area contributed by atoms with Crippen LogP contribution < -0.4 is 0 Å². The lowest BCUT2D eigenvalue weighted by Gasteiger charge is -2.58. The van der Waals surface area contributed by atoms with Gasteiger partial charge in [-0.25, -0.2) is 0 Å². The SMILES string of the molecule is CC(=CCOC(=O)CC(C)C)CCC1C(C)=CCC2C(C)(C)C(O)CCC12C. The van der Waals surface area contributed by atoms with Crippen molar-refractivity contribution in [2.75, 3.05) is 6.61 Å². The van der Waals surface area contributed by atoms with Crippen molar-refractivity contribution in [3.8, 4) is 0 Å². The number of carbonyl (C=O) groups excluding carboxylic acids is 1. The number of aliphatic hydroxyl groups excluding tert-OH is 1. The number of hydrogen-bond donors (Lipinski definition) is 1. The van der Waals surface area contributed by atoms with Crippen molar-refractivity contribution in [1.29, 1.82) is 0 Å². The number of rotatable bonds is 7. The van der Waals surface area contributed by atoms with Gasteiger partial charge < -0.3 is 9.84 Å². The number of fused-ring (bicyclic) bond motifs is 1. The lowest BCUT2D eigenvalue weighted by molar-refractivity contribution is -0.143. The van der Waals surface area contributed by atoms with Crippen LogP contribution in [0, 0.1) is 28.6 Å². The lowest BCUT2D eigenvalue weighted by atomic mass is 9.47. The number of allylic oxidation sites excluding steroid dienone is 3. The van der Waals surface area contributed by atoms with Crippen LogP contribution in [0.4, 0.5) is 0 Å². The molecule has 0 amide bonds. The second kappa shape index (κ2) is 9.15. The molecular weight excluding hydrogens is 348 g/mol. The Morgan fingerprint density at radius 1 is 1.36 bits per heavy atom. The molecule has 2 aliphatic carbocycles. The van der Waals surface area contributed by atoms with Gasteiger partial charge in [-0.2, -0.15) is 0 Å². The average molecular weight is 391 g/mol. The van der Waals surface area contributed by atoms with E-state index in [-0.39, 0.29) is 22.9 Å². The molecule has 1 N–H and O–H groups in total.